The van der Waals surface area contributed by atoms with Crippen LogP contribution in [0.4, 0.5) is 0 Å². The first-order valence-electron chi connectivity index (χ1n) is 15.0. The Kier molecular flexibility index (Phi) is 9.91. The van der Waals surface area contributed by atoms with Crippen molar-refractivity contribution in [3.8, 4) is 16.9 Å². The van der Waals surface area contributed by atoms with Crippen LogP contribution in [0.2, 0.25) is 0 Å². The molecule has 1 atom stereocenters. The van der Waals surface area contributed by atoms with E-state index in [0.29, 0.717) is 15.8 Å². The van der Waals surface area contributed by atoms with Gasteiger partial charge in [0.15, 0.2) is 0 Å². The van der Waals surface area contributed by atoms with E-state index in [-0.39, 0.29) is 24.8 Å². The molecule has 4 aromatic rings. The van der Waals surface area contributed by atoms with E-state index in [9.17, 15) is 14.7 Å². The van der Waals surface area contributed by atoms with E-state index in [4.69, 9.17) is 21.7 Å². The predicted molar refractivity (Wildman–Crippen MR) is 183 cm³/mol. The van der Waals surface area contributed by atoms with Gasteiger partial charge in [0.1, 0.15) is 16.7 Å². The van der Waals surface area contributed by atoms with Crippen molar-refractivity contribution in [2.75, 3.05) is 46.0 Å². The third-order valence-corrected chi connectivity index (χ3v) is 9.48. The Bertz CT molecular complexity index is 1740. The van der Waals surface area contributed by atoms with Crippen LogP contribution in [-0.2, 0) is 14.3 Å². The lowest BCUT2D eigenvalue weighted by atomic mass is 9.95. The number of aliphatic carboxylic acids is 1. The van der Waals surface area contributed by atoms with Gasteiger partial charge in [-0.2, -0.15) is 0 Å². The smallest absolute Gasteiger partial charge is 0.304 e. The fourth-order valence-corrected chi connectivity index (χ4v) is 6.98. The van der Waals surface area contributed by atoms with E-state index >= 15 is 0 Å². The lowest BCUT2D eigenvalue weighted by Gasteiger charge is -2.26. The maximum Gasteiger partial charge on any atom is 0.304 e. The number of nitrogens with zero attached hydrogens (tertiary/aromatic N) is 2. The van der Waals surface area contributed by atoms with Crippen LogP contribution in [0.1, 0.15) is 23.5 Å². The third kappa shape index (κ3) is 7.62. The van der Waals surface area contributed by atoms with E-state index in [1.54, 1.807) is 0 Å². The molecule has 9 heteroatoms. The summed E-state index contributed by atoms with van der Waals surface area (Å²) < 4.78 is 12.2. The number of carbonyl (C=O) groups is 2. The number of hydrogen-bond donors (Lipinski definition) is 1. The second-order valence-corrected chi connectivity index (χ2v) is 12.8. The summed E-state index contributed by atoms with van der Waals surface area (Å²) in [7, 11) is 0. The predicted octanol–water partition coefficient (Wildman–Crippen LogP) is 6.68. The first-order chi connectivity index (χ1) is 21.9. The van der Waals surface area contributed by atoms with Gasteiger partial charge in [-0.3, -0.25) is 19.4 Å². The van der Waals surface area contributed by atoms with Crippen molar-refractivity contribution in [1.29, 1.82) is 0 Å². The summed E-state index contributed by atoms with van der Waals surface area (Å²) in [5.74, 6) is -0.728. The molecular formula is C36H34N2O5S2. The molecule has 7 nitrogen and oxygen atoms in total. The Morgan fingerprint density at radius 3 is 2.51 bits per heavy atom. The molecule has 0 radical (unpaired) electrons. The van der Waals surface area contributed by atoms with Gasteiger partial charge >= 0.3 is 5.97 Å². The van der Waals surface area contributed by atoms with Gasteiger partial charge in [-0.1, -0.05) is 96.8 Å². The van der Waals surface area contributed by atoms with Crippen LogP contribution in [-0.4, -0.2) is 77.1 Å². The zero-order chi connectivity index (χ0) is 31.2. The first kappa shape index (κ1) is 31.0. The molecule has 45 heavy (non-hydrogen) atoms. The number of hydrogen-bond acceptors (Lipinski definition) is 7. The molecule has 0 aliphatic carbocycles. The summed E-state index contributed by atoms with van der Waals surface area (Å²) in [6.45, 7) is 4.87. The first-order valence-corrected chi connectivity index (χ1v) is 16.3. The zero-order valence-electron chi connectivity index (χ0n) is 24.8. The average molecular weight is 639 g/mol. The van der Waals surface area contributed by atoms with Gasteiger partial charge < -0.3 is 14.6 Å². The van der Waals surface area contributed by atoms with Crippen molar-refractivity contribution >= 4 is 57.0 Å². The zero-order valence-corrected chi connectivity index (χ0v) is 26.4. The fraction of sp³-hybridized carbons (Fsp3) is 0.250. The van der Waals surface area contributed by atoms with Crippen molar-refractivity contribution in [3.63, 3.8) is 0 Å². The van der Waals surface area contributed by atoms with Crippen molar-refractivity contribution in [3.05, 3.63) is 107 Å². The van der Waals surface area contributed by atoms with E-state index in [0.717, 1.165) is 71.6 Å². The minimum Gasteiger partial charge on any atom is -0.492 e. The van der Waals surface area contributed by atoms with Crippen molar-refractivity contribution in [2.45, 2.75) is 12.3 Å². The molecule has 0 aromatic heterocycles. The van der Waals surface area contributed by atoms with Crippen molar-refractivity contribution in [1.82, 2.24) is 9.80 Å². The van der Waals surface area contributed by atoms with Gasteiger partial charge in [0.05, 0.1) is 24.5 Å². The third-order valence-electron chi connectivity index (χ3n) is 8.10. The lowest BCUT2D eigenvalue weighted by molar-refractivity contribution is -0.137. The number of rotatable bonds is 11. The van der Waals surface area contributed by atoms with Crippen LogP contribution < -0.4 is 4.74 Å². The normalized spacial score (nSPS) is 17.2. The molecule has 1 amide bonds. The average Bonchev–Trinajstić information content (AvgIpc) is 3.32. The van der Waals surface area contributed by atoms with Gasteiger partial charge in [-0.15, -0.1) is 0 Å². The molecule has 2 fully saturated rings. The maximum atomic E-state index is 13.6. The topological polar surface area (TPSA) is 79.3 Å². The van der Waals surface area contributed by atoms with Crippen LogP contribution in [0.25, 0.3) is 28.0 Å². The van der Waals surface area contributed by atoms with Crippen molar-refractivity contribution < 1.29 is 24.2 Å². The highest BCUT2D eigenvalue weighted by Gasteiger charge is 2.34. The number of carbonyl (C=O) groups excluding carboxylic acids is 1. The second-order valence-electron chi connectivity index (χ2n) is 11.1. The fourth-order valence-electron chi connectivity index (χ4n) is 5.71. The maximum absolute atomic E-state index is 13.6. The minimum absolute atomic E-state index is 0.0950. The Morgan fingerprint density at radius 1 is 0.978 bits per heavy atom. The molecule has 4 aromatic carbocycles. The summed E-state index contributed by atoms with van der Waals surface area (Å²) in [5, 5.41) is 11.8. The number of benzene rings is 4. The molecular weight excluding hydrogens is 605 g/mol. The van der Waals surface area contributed by atoms with Gasteiger partial charge in [0.2, 0.25) is 0 Å². The van der Waals surface area contributed by atoms with Gasteiger partial charge in [0, 0.05) is 37.7 Å². The summed E-state index contributed by atoms with van der Waals surface area (Å²) in [4.78, 5) is 29.6. The number of thiocarbonyl (C=S) groups is 1. The number of thioether (sulfide) groups is 1. The Morgan fingerprint density at radius 2 is 1.73 bits per heavy atom. The van der Waals surface area contributed by atoms with Crippen LogP contribution in [0.3, 0.4) is 0 Å². The Labute approximate surface area is 272 Å². The minimum atomic E-state index is -0.918. The highest BCUT2D eigenvalue weighted by Crippen LogP contribution is 2.37. The molecule has 0 spiro atoms. The van der Waals surface area contributed by atoms with E-state index in [1.165, 1.54) is 16.7 Å². The van der Waals surface area contributed by atoms with Crippen LogP contribution >= 0.6 is 24.0 Å². The molecule has 2 aliphatic heterocycles. The summed E-state index contributed by atoms with van der Waals surface area (Å²) in [6, 6.07) is 30.0. The van der Waals surface area contributed by atoms with Gasteiger partial charge in [-0.05, 0) is 51.7 Å². The molecule has 2 heterocycles. The van der Waals surface area contributed by atoms with E-state index < -0.39 is 5.97 Å². The largest absolute Gasteiger partial charge is 0.492 e. The summed E-state index contributed by atoms with van der Waals surface area (Å²) >= 11 is 6.86. The SMILES string of the molecule is O=C(O)CC(CN1C(=O)/C(=C/c2ccc(OCCN3CCOCC3)c(-c3ccc4ccccc4c3)c2)SC1=S)c1ccccc1. The Hall–Kier alpha value is -4.02. The number of amides is 1. The standard InChI is InChI=1S/C36H34N2O5S2/c39-34(40)23-30(26-6-2-1-3-7-26)24-38-35(41)33(45-36(38)44)21-25-10-13-32(43-19-16-37-14-17-42-18-15-37)31(20-25)29-12-11-27-8-4-5-9-28(27)22-29/h1-13,20-22,30H,14-19,23-24H2,(H,39,40)/b33-21-. The number of ether oxygens (including phenoxy) is 2. The summed E-state index contributed by atoms with van der Waals surface area (Å²) in [5.41, 5.74) is 3.68. The highest BCUT2D eigenvalue weighted by atomic mass is 32.2. The van der Waals surface area contributed by atoms with E-state index in [1.807, 2.05) is 60.7 Å². The second kappa shape index (κ2) is 14.4. The van der Waals surface area contributed by atoms with Gasteiger partial charge in [0.25, 0.3) is 5.91 Å². The summed E-state index contributed by atoms with van der Waals surface area (Å²) in [6.07, 6.45) is 1.76. The Balaban J connectivity index is 1.26. The highest BCUT2D eigenvalue weighted by molar-refractivity contribution is 8.26. The van der Waals surface area contributed by atoms with Crippen LogP contribution in [0, 0.1) is 0 Å². The molecule has 1 N–H and O–H groups in total. The quantitative estimate of drug-likeness (QED) is 0.144. The molecule has 2 saturated heterocycles. The molecule has 230 valence electrons. The van der Waals surface area contributed by atoms with Crippen LogP contribution in [0.5, 0.6) is 5.75 Å². The number of fused-ring (bicyclic) bond motifs is 1. The molecule has 1 unspecified atom stereocenters. The lowest BCUT2D eigenvalue weighted by Crippen LogP contribution is -2.38. The number of morpholine rings is 1. The van der Waals surface area contributed by atoms with Gasteiger partial charge in [-0.25, -0.2) is 0 Å². The van der Waals surface area contributed by atoms with E-state index in [2.05, 4.69) is 41.3 Å². The molecule has 6 rings (SSSR count). The van der Waals surface area contributed by atoms with Crippen LogP contribution in [0.15, 0.2) is 95.9 Å². The number of carboxylic acids is 1. The monoisotopic (exact) mass is 638 g/mol. The van der Waals surface area contributed by atoms with Crippen molar-refractivity contribution in [2.24, 2.45) is 0 Å². The molecule has 2 aliphatic rings. The molecule has 0 saturated carbocycles. The molecule has 0 bridgehead atoms. The number of carboxylic acid groups (broad SMARTS) is 1.